The third-order valence-corrected chi connectivity index (χ3v) is 13.8. The number of nitrogen functional groups attached to an aromatic ring is 1. The number of aliphatic hydroxyl groups excluding tert-OH is 1. The van der Waals surface area contributed by atoms with Crippen LogP contribution in [0, 0.1) is 11.3 Å². The molecule has 19 heteroatoms. The van der Waals surface area contributed by atoms with Crippen LogP contribution in [0.5, 0.6) is 0 Å². The SMILES string of the molecule is CC(C)(O)c1cc2nn(C3CCCCC3)cc2cc1NC(=O)c1ccc2cc(C#N)cnn12.CC1=CN(c2cncc(N3CCC(N4CCNCC4)CC3)c2)CCC1.CCOC.CO.Nc1ccc(=O)n(CC=O)c1. The van der Waals surface area contributed by atoms with E-state index in [0.29, 0.717) is 46.0 Å². The van der Waals surface area contributed by atoms with Crippen LogP contribution in [0.25, 0.3) is 16.4 Å². The maximum Gasteiger partial charge on any atom is 0.274 e. The van der Waals surface area contributed by atoms with E-state index in [1.54, 1.807) is 39.2 Å². The van der Waals surface area contributed by atoms with Gasteiger partial charge in [0, 0.05) is 120 Å². The molecule has 1 saturated carbocycles. The van der Waals surface area contributed by atoms with Crippen molar-refractivity contribution in [3.8, 4) is 6.07 Å². The van der Waals surface area contributed by atoms with Crippen LogP contribution in [-0.2, 0) is 21.7 Å². The Morgan fingerprint density at radius 2 is 1.65 bits per heavy atom. The van der Waals surface area contributed by atoms with Gasteiger partial charge in [0.25, 0.3) is 11.5 Å². The minimum absolute atomic E-state index is 0.0594. The minimum atomic E-state index is -1.17. The lowest BCUT2D eigenvalue weighted by Crippen LogP contribution is -2.52. The molecule has 8 heterocycles. The summed E-state index contributed by atoms with van der Waals surface area (Å²) in [6.07, 6.45) is 22.8. The summed E-state index contributed by atoms with van der Waals surface area (Å²) in [5.41, 5.74) is 11.8. The highest BCUT2D eigenvalue weighted by atomic mass is 16.5. The first-order valence-electron chi connectivity index (χ1n) is 26.2. The lowest BCUT2D eigenvalue weighted by molar-refractivity contribution is -0.108. The topological polar surface area (TPSA) is 237 Å². The van der Waals surface area contributed by atoms with E-state index < -0.39 is 5.60 Å². The molecule has 402 valence electrons. The zero-order chi connectivity index (χ0) is 53.9. The fraction of sp³-hybridized carbons (Fsp3) is 0.482. The second kappa shape index (κ2) is 28.1. The fourth-order valence-corrected chi connectivity index (χ4v) is 9.83. The zero-order valence-corrected chi connectivity index (χ0v) is 44.6. The Kier molecular flexibility index (Phi) is 21.5. The maximum absolute atomic E-state index is 13.2. The van der Waals surface area contributed by atoms with Gasteiger partial charge < -0.3 is 50.5 Å². The Bertz CT molecular complexity index is 2910. The first kappa shape index (κ1) is 57.3. The van der Waals surface area contributed by atoms with Gasteiger partial charge in [0.2, 0.25) is 0 Å². The van der Waals surface area contributed by atoms with Crippen molar-refractivity contribution in [1.82, 2.24) is 39.2 Å². The van der Waals surface area contributed by atoms with Crippen LogP contribution in [-0.4, -0.2) is 129 Å². The normalized spacial score (nSPS) is 16.4. The van der Waals surface area contributed by atoms with Gasteiger partial charge in [-0.2, -0.15) is 15.5 Å². The van der Waals surface area contributed by atoms with E-state index in [1.165, 1.54) is 109 Å². The molecule has 1 amide bonds. The number of methoxy groups -OCH3 is 1. The second-order valence-corrected chi connectivity index (χ2v) is 19.7. The molecule has 0 bridgehead atoms. The summed E-state index contributed by atoms with van der Waals surface area (Å²) in [5, 5.41) is 43.2. The monoisotopic (exact) mass is 1030 g/mol. The number of aromatic nitrogens is 6. The molecule has 19 nitrogen and oxygen atoms in total. The van der Waals surface area contributed by atoms with Crippen molar-refractivity contribution in [1.29, 1.82) is 5.26 Å². The minimum Gasteiger partial charge on any atom is -0.400 e. The number of hydrogen-bond donors (Lipinski definition) is 5. The molecule has 2 saturated heterocycles. The van der Waals surface area contributed by atoms with Gasteiger partial charge in [-0.25, -0.2) is 4.52 Å². The Balaban J connectivity index is 0.000000191. The summed E-state index contributed by atoms with van der Waals surface area (Å²) in [5.74, 6) is -0.350. The predicted molar refractivity (Wildman–Crippen MR) is 296 cm³/mol. The molecule has 75 heavy (non-hydrogen) atoms. The standard InChI is InChI=1S/C25H26N6O2.C20H31N5.C7H8N2O2.C3H8O.CH4O/c1-25(2,33)20-12-21-17(15-30(29-21)18-6-4-3-5-7-18)11-22(20)28-24(32)23-9-8-19-10-16(13-26)14-27-31(19)23;1-17-3-2-8-25(16-17)20-13-19(14-22-15-20)23-9-4-18(5-10-23)24-11-6-21-7-12-24;8-6-1-2-7(11)9(5-6)3-4-10;1-3-4-2;1-2/h8-12,14-15,18,33H,3-7H2,1-2H3,(H,28,32);13-16,18,21H,2-12H2,1H3;1-2,4-5H,3,8H2;3H2,1-2H3;2H,1H3. The van der Waals surface area contributed by atoms with Crippen LogP contribution in [0.15, 0.2) is 96.1 Å². The molecule has 5 aromatic heterocycles. The van der Waals surface area contributed by atoms with E-state index >= 15 is 0 Å². The number of carbonyl (C=O) groups excluding carboxylic acids is 2. The summed E-state index contributed by atoms with van der Waals surface area (Å²) in [7, 11) is 2.68. The molecular formula is C56H77N13O6. The number of nitriles is 1. The number of carbonyl (C=O) groups is 2. The number of aliphatic hydroxyl groups is 2. The van der Waals surface area contributed by atoms with Crippen LogP contribution in [0.4, 0.5) is 22.7 Å². The van der Waals surface area contributed by atoms with E-state index in [0.717, 1.165) is 76.2 Å². The third kappa shape index (κ3) is 15.8. The number of piperidine rings is 1. The maximum atomic E-state index is 13.2. The third-order valence-electron chi connectivity index (χ3n) is 13.8. The number of nitrogens with one attached hydrogen (secondary N) is 2. The van der Waals surface area contributed by atoms with Gasteiger partial charge in [-0.3, -0.25) is 24.2 Å². The number of nitrogens with zero attached hydrogens (tertiary/aromatic N) is 10. The molecular weight excluding hydrogens is 951 g/mol. The number of ether oxygens (including phenoxy) is 1. The number of allylic oxidation sites excluding steroid dienone is 1. The number of aldehydes is 1. The highest BCUT2D eigenvalue weighted by molar-refractivity contribution is 6.05. The van der Waals surface area contributed by atoms with E-state index in [2.05, 4.69) is 65.4 Å². The van der Waals surface area contributed by atoms with Crippen LogP contribution >= 0.6 is 0 Å². The van der Waals surface area contributed by atoms with E-state index in [-0.39, 0.29) is 18.0 Å². The van der Waals surface area contributed by atoms with Crippen molar-refractivity contribution in [2.45, 2.75) is 110 Å². The van der Waals surface area contributed by atoms with Crippen molar-refractivity contribution in [3.63, 3.8) is 0 Å². The number of amides is 1. The molecule has 4 aliphatic rings. The number of hydrogen-bond acceptors (Lipinski definition) is 15. The highest BCUT2D eigenvalue weighted by Crippen LogP contribution is 2.35. The van der Waals surface area contributed by atoms with Crippen molar-refractivity contribution < 1.29 is 24.5 Å². The summed E-state index contributed by atoms with van der Waals surface area (Å²) in [4.78, 5) is 46.2. The van der Waals surface area contributed by atoms with Crippen molar-refractivity contribution in [3.05, 3.63) is 118 Å². The summed E-state index contributed by atoms with van der Waals surface area (Å²) < 4.78 is 9.34. The molecule has 3 aliphatic heterocycles. The Morgan fingerprint density at radius 3 is 2.32 bits per heavy atom. The second-order valence-electron chi connectivity index (χ2n) is 19.7. The first-order chi connectivity index (χ1) is 36.3. The van der Waals surface area contributed by atoms with Gasteiger partial charge in [-0.15, -0.1) is 0 Å². The lowest BCUT2D eigenvalue weighted by atomic mass is 9.95. The van der Waals surface area contributed by atoms with Crippen molar-refractivity contribution >= 4 is 51.4 Å². The van der Waals surface area contributed by atoms with Gasteiger partial charge in [-0.1, -0.05) is 24.8 Å². The summed E-state index contributed by atoms with van der Waals surface area (Å²) >= 11 is 0. The van der Waals surface area contributed by atoms with E-state index in [4.69, 9.17) is 21.2 Å². The number of pyridine rings is 2. The van der Waals surface area contributed by atoms with Crippen LogP contribution in [0.3, 0.4) is 0 Å². The number of nitrogens with two attached hydrogens (primary N) is 1. The largest absolute Gasteiger partial charge is 0.400 e. The molecule has 0 unspecified atom stereocenters. The van der Waals surface area contributed by atoms with Gasteiger partial charge in [0.05, 0.1) is 64.7 Å². The number of piperazine rings is 1. The molecule has 10 rings (SSSR count). The quantitative estimate of drug-likeness (QED) is 0.0879. The zero-order valence-electron chi connectivity index (χ0n) is 44.6. The van der Waals surface area contributed by atoms with Crippen molar-refractivity contribution in [2.24, 2.45) is 0 Å². The molecule has 0 radical (unpaired) electrons. The summed E-state index contributed by atoms with van der Waals surface area (Å²) in [6.45, 7) is 16.6. The molecule has 1 aromatic carbocycles. The van der Waals surface area contributed by atoms with E-state index in [9.17, 15) is 19.5 Å². The highest BCUT2D eigenvalue weighted by Gasteiger charge is 2.27. The van der Waals surface area contributed by atoms with Crippen LogP contribution in [0.2, 0.25) is 0 Å². The lowest BCUT2D eigenvalue weighted by Gasteiger charge is -2.41. The Hall–Kier alpha value is -6.95. The number of rotatable bonds is 10. The Morgan fingerprint density at radius 1 is 0.933 bits per heavy atom. The van der Waals surface area contributed by atoms with Crippen LogP contribution < -0.4 is 31.7 Å². The summed E-state index contributed by atoms with van der Waals surface area (Å²) in [6, 6.07) is 17.2. The molecule has 0 spiro atoms. The molecule has 3 fully saturated rings. The predicted octanol–water partition coefficient (Wildman–Crippen LogP) is 6.89. The molecule has 6 aromatic rings. The number of anilines is 4. The molecule has 1 aliphatic carbocycles. The van der Waals surface area contributed by atoms with Gasteiger partial charge >= 0.3 is 0 Å². The Labute approximate surface area is 440 Å². The average Bonchev–Trinajstić information content (AvgIpc) is 4.08. The first-order valence-corrected chi connectivity index (χ1v) is 26.2. The average molecular weight is 1030 g/mol. The van der Waals surface area contributed by atoms with Gasteiger partial charge in [0.15, 0.2) is 0 Å². The van der Waals surface area contributed by atoms with Gasteiger partial charge in [0.1, 0.15) is 18.0 Å². The molecule has 6 N–H and O–H groups in total. The van der Waals surface area contributed by atoms with Gasteiger partial charge in [-0.05, 0) is 109 Å². The smallest absolute Gasteiger partial charge is 0.274 e. The van der Waals surface area contributed by atoms with Crippen LogP contribution in [0.1, 0.15) is 113 Å². The number of benzene rings is 1. The molecule has 0 atom stereocenters. The number of fused-ring (bicyclic) bond motifs is 2. The van der Waals surface area contributed by atoms with Crippen molar-refractivity contribution in [2.75, 3.05) is 87.5 Å². The van der Waals surface area contributed by atoms with E-state index in [1.807, 2.05) is 42.3 Å². The fourth-order valence-electron chi connectivity index (χ4n) is 9.83.